The van der Waals surface area contributed by atoms with Gasteiger partial charge in [-0.05, 0) is 24.3 Å². The Bertz CT molecular complexity index is 553. The van der Waals surface area contributed by atoms with Gasteiger partial charge in [0.1, 0.15) is 5.75 Å². The van der Waals surface area contributed by atoms with Gasteiger partial charge in [0.15, 0.2) is 5.78 Å². The summed E-state index contributed by atoms with van der Waals surface area (Å²) in [6, 6.07) is 6.69. The largest absolute Gasteiger partial charge is 0.497 e. The molecule has 1 N–H and O–H groups in total. The van der Waals surface area contributed by atoms with Gasteiger partial charge in [-0.2, -0.15) is 0 Å². The van der Waals surface area contributed by atoms with E-state index < -0.39 is 0 Å². The molecule has 1 aromatic rings. The number of rotatable bonds is 5. The van der Waals surface area contributed by atoms with Crippen molar-refractivity contribution < 1.29 is 19.1 Å². The number of amides is 2. The zero-order valence-electron chi connectivity index (χ0n) is 12.1. The molecule has 1 saturated heterocycles. The van der Waals surface area contributed by atoms with E-state index in [0.29, 0.717) is 17.9 Å². The molecule has 1 fully saturated rings. The van der Waals surface area contributed by atoms with Crippen LogP contribution in [-0.2, 0) is 9.59 Å². The first-order valence-electron chi connectivity index (χ1n) is 6.70. The van der Waals surface area contributed by atoms with Gasteiger partial charge in [0.2, 0.25) is 11.8 Å². The molecule has 1 aromatic carbocycles. The topological polar surface area (TPSA) is 75.7 Å². The average Bonchev–Trinajstić information content (AvgIpc) is 2.84. The van der Waals surface area contributed by atoms with Crippen LogP contribution in [-0.4, -0.2) is 49.7 Å². The van der Waals surface area contributed by atoms with Crippen LogP contribution < -0.4 is 10.1 Å². The number of likely N-dealkylation sites (tertiary alicyclic amines) is 1. The Morgan fingerprint density at radius 3 is 2.52 bits per heavy atom. The zero-order chi connectivity index (χ0) is 15.4. The molecule has 2 rings (SSSR count). The van der Waals surface area contributed by atoms with Crippen LogP contribution in [0.15, 0.2) is 24.3 Å². The summed E-state index contributed by atoms with van der Waals surface area (Å²) in [6.07, 6.45) is 0.207. The maximum atomic E-state index is 12.0. The third-order valence-corrected chi connectivity index (χ3v) is 3.55. The standard InChI is InChI=1S/C15H18N2O4/c1-17-9-11(7-14(17)19)15(20)16-8-13(18)10-3-5-12(21-2)6-4-10/h3-6,11H,7-9H2,1-2H3,(H,16,20)/t11-/m1/s1. The van der Waals surface area contributed by atoms with Gasteiger partial charge < -0.3 is 15.0 Å². The summed E-state index contributed by atoms with van der Waals surface area (Å²) in [5, 5.41) is 2.59. The highest BCUT2D eigenvalue weighted by Crippen LogP contribution is 2.16. The van der Waals surface area contributed by atoms with E-state index in [1.807, 2.05) is 0 Å². The number of methoxy groups -OCH3 is 1. The fourth-order valence-electron chi connectivity index (χ4n) is 2.23. The lowest BCUT2D eigenvalue weighted by Gasteiger charge is -2.10. The lowest BCUT2D eigenvalue weighted by molar-refractivity contribution is -0.128. The number of hydrogen-bond acceptors (Lipinski definition) is 4. The fraction of sp³-hybridized carbons (Fsp3) is 0.400. The predicted molar refractivity (Wildman–Crippen MR) is 76.1 cm³/mol. The van der Waals surface area contributed by atoms with Crippen molar-refractivity contribution in [1.29, 1.82) is 0 Å². The van der Waals surface area contributed by atoms with Crippen molar-refractivity contribution >= 4 is 17.6 Å². The van der Waals surface area contributed by atoms with E-state index in [0.717, 1.165) is 0 Å². The normalized spacial score (nSPS) is 17.7. The number of nitrogens with zero attached hydrogens (tertiary/aromatic N) is 1. The Labute approximate surface area is 123 Å². The third-order valence-electron chi connectivity index (χ3n) is 3.55. The number of carbonyl (C=O) groups excluding carboxylic acids is 3. The van der Waals surface area contributed by atoms with E-state index in [-0.39, 0.29) is 36.5 Å². The van der Waals surface area contributed by atoms with Gasteiger partial charge in [-0.1, -0.05) is 0 Å². The van der Waals surface area contributed by atoms with Gasteiger partial charge in [-0.25, -0.2) is 0 Å². The number of ether oxygens (including phenoxy) is 1. The molecule has 2 amide bonds. The van der Waals surface area contributed by atoms with Crippen LogP contribution in [0.25, 0.3) is 0 Å². The zero-order valence-corrected chi connectivity index (χ0v) is 12.1. The van der Waals surface area contributed by atoms with Crippen LogP contribution in [0.5, 0.6) is 5.75 Å². The molecular weight excluding hydrogens is 272 g/mol. The number of carbonyl (C=O) groups is 3. The Morgan fingerprint density at radius 1 is 1.33 bits per heavy atom. The Kier molecular flexibility index (Phi) is 4.57. The first-order valence-corrected chi connectivity index (χ1v) is 6.70. The van der Waals surface area contributed by atoms with Crippen LogP contribution >= 0.6 is 0 Å². The van der Waals surface area contributed by atoms with Crippen molar-refractivity contribution in [2.45, 2.75) is 6.42 Å². The second-order valence-corrected chi connectivity index (χ2v) is 5.04. The van der Waals surface area contributed by atoms with E-state index in [4.69, 9.17) is 4.74 Å². The molecule has 0 saturated carbocycles. The number of nitrogens with one attached hydrogen (secondary N) is 1. The predicted octanol–water partition coefficient (Wildman–Crippen LogP) is 0.472. The third kappa shape index (κ3) is 3.59. The fourth-order valence-corrected chi connectivity index (χ4v) is 2.23. The molecule has 1 atom stereocenters. The van der Waals surface area contributed by atoms with Crippen molar-refractivity contribution in [1.82, 2.24) is 10.2 Å². The molecule has 1 aliphatic rings. The molecule has 1 heterocycles. The molecule has 0 spiro atoms. The van der Waals surface area contributed by atoms with Gasteiger partial charge >= 0.3 is 0 Å². The summed E-state index contributed by atoms with van der Waals surface area (Å²) < 4.78 is 5.02. The van der Waals surface area contributed by atoms with Crippen molar-refractivity contribution in [2.75, 3.05) is 27.2 Å². The van der Waals surface area contributed by atoms with E-state index >= 15 is 0 Å². The van der Waals surface area contributed by atoms with Gasteiger partial charge in [0.05, 0.1) is 19.6 Å². The molecule has 6 heteroatoms. The van der Waals surface area contributed by atoms with Crippen molar-refractivity contribution in [3.05, 3.63) is 29.8 Å². The smallest absolute Gasteiger partial charge is 0.225 e. The van der Waals surface area contributed by atoms with Gasteiger partial charge in [0, 0.05) is 25.6 Å². The van der Waals surface area contributed by atoms with Crippen LogP contribution in [0.2, 0.25) is 0 Å². The second kappa shape index (κ2) is 6.39. The molecule has 0 bridgehead atoms. The minimum absolute atomic E-state index is 0.0448. The first-order chi connectivity index (χ1) is 10.0. The SMILES string of the molecule is COc1ccc(C(=O)CNC(=O)[C@@H]2CC(=O)N(C)C2)cc1. The van der Waals surface area contributed by atoms with E-state index in [9.17, 15) is 14.4 Å². The van der Waals surface area contributed by atoms with E-state index in [2.05, 4.69) is 5.32 Å². The molecule has 21 heavy (non-hydrogen) atoms. The molecule has 0 radical (unpaired) electrons. The molecular formula is C15H18N2O4. The highest BCUT2D eigenvalue weighted by molar-refractivity contribution is 6.00. The van der Waals surface area contributed by atoms with E-state index in [1.54, 1.807) is 38.4 Å². The minimum Gasteiger partial charge on any atom is -0.497 e. The highest BCUT2D eigenvalue weighted by Gasteiger charge is 2.32. The molecule has 1 aliphatic heterocycles. The molecule has 6 nitrogen and oxygen atoms in total. The van der Waals surface area contributed by atoms with Crippen LogP contribution in [0.3, 0.4) is 0 Å². The molecule has 0 unspecified atom stereocenters. The summed E-state index contributed by atoms with van der Waals surface area (Å²) >= 11 is 0. The lowest BCUT2D eigenvalue weighted by Crippen LogP contribution is -2.35. The average molecular weight is 290 g/mol. The molecule has 0 aliphatic carbocycles. The van der Waals surface area contributed by atoms with Crippen molar-refractivity contribution in [3.8, 4) is 5.75 Å². The first kappa shape index (κ1) is 15.0. The van der Waals surface area contributed by atoms with Crippen LogP contribution in [0.4, 0.5) is 0 Å². The number of ketones is 1. The van der Waals surface area contributed by atoms with Gasteiger partial charge in [0.25, 0.3) is 0 Å². The van der Waals surface area contributed by atoms with Crippen molar-refractivity contribution in [3.63, 3.8) is 0 Å². The Hall–Kier alpha value is -2.37. The summed E-state index contributed by atoms with van der Waals surface area (Å²) in [6.45, 7) is 0.334. The monoisotopic (exact) mass is 290 g/mol. The van der Waals surface area contributed by atoms with Crippen LogP contribution in [0.1, 0.15) is 16.8 Å². The Morgan fingerprint density at radius 2 is 2.00 bits per heavy atom. The van der Waals surface area contributed by atoms with Crippen LogP contribution in [0, 0.1) is 5.92 Å². The summed E-state index contributed by atoms with van der Waals surface area (Å²) in [4.78, 5) is 36.8. The quantitative estimate of drug-likeness (QED) is 0.800. The number of benzene rings is 1. The highest BCUT2D eigenvalue weighted by atomic mass is 16.5. The maximum absolute atomic E-state index is 12.0. The van der Waals surface area contributed by atoms with Gasteiger partial charge in [-0.3, -0.25) is 14.4 Å². The van der Waals surface area contributed by atoms with Gasteiger partial charge in [-0.15, -0.1) is 0 Å². The lowest BCUT2D eigenvalue weighted by atomic mass is 10.1. The molecule has 112 valence electrons. The number of Topliss-reactive ketones (excluding diaryl/α,β-unsaturated/α-hetero) is 1. The minimum atomic E-state index is -0.369. The number of hydrogen-bond donors (Lipinski definition) is 1. The summed E-state index contributed by atoms with van der Waals surface area (Å²) in [5.74, 6) is -0.177. The maximum Gasteiger partial charge on any atom is 0.225 e. The Balaban J connectivity index is 1.86. The second-order valence-electron chi connectivity index (χ2n) is 5.04. The summed E-state index contributed by atoms with van der Waals surface area (Å²) in [5.41, 5.74) is 0.510. The van der Waals surface area contributed by atoms with Crippen molar-refractivity contribution in [2.24, 2.45) is 5.92 Å². The summed E-state index contributed by atoms with van der Waals surface area (Å²) in [7, 11) is 3.22. The molecule has 0 aromatic heterocycles. The van der Waals surface area contributed by atoms with E-state index in [1.165, 1.54) is 4.90 Å².